The van der Waals surface area contributed by atoms with E-state index in [0.717, 1.165) is 5.56 Å². The number of carbonyl (C=O) groups excluding carboxylic acids is 2. The van der Waals surface area contributed by atoms with Crippen LogP contribution < -0.4 is 10.6 Å². The Balaban J connectivity index is 2.09. The summed E-state index contributed by atoms with van der Waals surface area (Å²) in [5.74, 6) is -2.07. The Hall–Kier alpha value is -3.55. The molecule has 30 heavy (non-hydrogen) atoms. The number of phenolic OH excluding ortho intramolecular Hbond substituents is 1. The first kappa shape index (κ1) is 22.7. The lowest BCUT2D eigenvalue weighted by Crippen LogP contribution is -2.53. The number of hydrogen-bond donors (Lipinski definition) is 4. The number of hydrogen-bond acceptors (Lipinski definition) is 5. The standard InChI is InChI=1S/C22H26N2O6/c1-14(2)19(21(27)28)24-20(26)18(12-15-8-10-17(25)11-9-15)23-22(29)30-13-16-6-4-3-5-7-16/h3-11,14,18-19,25H,12-13H2,1-2H3,(H,23,29)(H,24,26)(H,27,28)/t18-,19+/m0/s1. The van der Waals surface area contributed by atoms with Crippen LogP contribution in [0.5, 0.6) is 5.75 Å². The van der Waals surface area contributed by atoms with Crippen molar-refractivity contribution in [3.8, 4) is 5.75 Å². The third-order valence-electron chi connectivity index (χ3n) is 4.43. The van der Waals surface area contributed by atoms with Crippen LogP contribution in [0.3, 0.4) is 0 Å². The van der Waals surface area contributed by atoms with Gasteiger partial charge in [-0.05, 0) is 29.2 Å². The molecule has 2 atom stereocenters. The highest BCUT2D eigenvalue weighted by molar-refractivity contribution is 5.89. The maximum absolute atomic E-state index is 12.7. The van der Waals surface area contributed by atoms with Crippen LogP contribution in [-0.2, 0) is 27.4 Å². The molecule has 160 valence electrons. The third-order valence-corrected chi connectivity index (χ3v) is 4.43. The quantitative estimate of drug-likeness (QED) is 0.500. The molecule has 8 heteroatoms. The molecule has 2 aromatic carbocycles. The van der Waals surface area contributed by atoms with Gasteiger partial charge in [0.1, 0.15) is 24.4 Å². The van der Waals surface area contributed by atoms with Gasteiger partial charge in [-0.15, -0.1) is 0 Å². The number of carbonyl (C=O) groups is 3. The topological polar surface area (TPSA) is 125 Å². The Morgan fingerprint density at radius 3 is 2.13 bits per heavy atom. The summed E-state index contributed by atoms with van der Waals surface area (Å²) in [5.41, 5.74) is 1.46. The first-order valence-electron chi connectivity index (χ1n) is 9.54. The normalized spacial score (nSPS) is 12.6. The van der Waals surface area contributed by atoms with Gasteiger partial charge in [-0.25, -0.2) is 9.59 Å². The number of amides is 2. The van der Waals surface area contributed by atoms with E-state index in [0.29, 0.717) is 5.56 Å². The maximum atomic E-state index is 12.7. The second-order valence-electron chi connectivity index (χ2n) is 7.20. The average molecular weight is 414 g/mol. The van der Waals surface area contributed by atoms with E-state index in [-0.39, 0.29) is 24.7 Å². The highest BCUT2D eigenvalue weighted by Crippen LogP contribution is 2.12. The number of benzene rings is 2. The van der Waals surface area contributed by atoms with Gasteiger partial charge in [-0.2, -0.15) is 0 Å². The zero-order valence-electron chi connectivity index (χ0n) is 16.9. The second-order valence-corrected chi connectivity index (χ2v) is 7.20. The van der Waals surface area contributed by atoms with Crippen LogP contribution in [0.4, 0.5) is 4.79 Å². The molecule has 0 heterocycles. The zero-order chi connectivity index (χ0) is 22.1. The van der Waals surface area contributed by atoms with Crippen molar-refractivity contribution in [2.45, 2.75) is 39.0 Å². The Bertz CT molecular complexity index is 852. The van der Waals surface area contributed by atoms with E-state index < -0.39 is 30.1 Å². The SMILES string of the molecule is CC(C)[C@@H](NC(=O)[C@H](Cc1ccc(O)cc1)NC(=O)OCc1ccccc1)C(=O)O. The first-order valence-corrected chi connectivity index (χ1v) is 9.54. The lowest BCUT2D eigenvalue weighted by molar-refractivity contribution is -0.143. The fourth-order valence-electron chi connectivity index (χ4n) is 2.75. The van der Waals surface area contributed by atoms with E-state index in [1.54, 1.807) is 38.1 Å². The number of ether oxygens (including phenoxy) is 1. The minimum atomic E-state index is -1.16. The number of nitrogens with one attached hydrogen (secondary N) is 2. The van der Waals surface area contributed by atoms with Gasteiger partial charge in [0.05, 0.1) is 0 Å². The Morgan fingerprint density at radius 1 is 0.933 bits per heavy atom. The van der Waals surface area contributed by atoms with Gasteiger partial charge in [0.2, 0.25) is 5.91 Å². The van der Waals surface area contributed by atoms with E-state index in [1.165, 1.54) is 12.1 Å². The van der Waals surface area contributed by atoms with Crippen LogP contribution in [0.2, 0.25) is 0 Å². The van der Waals surface area contributed by atoms with E-state index >= 15 is 0 Å². The molecule has 0 fully saturated rings. The van der Waals surface area contributed by atoms with Crippen LogP contribution in [0.25, 0.3) is 0 Å². The van der Waals surface area contributed by atoms with Crippen molar-refractivity contribution in [3.05, 3.63) is 65.7 Å². The fraction of sp³-hybridized carbons (Fsp3) is 0.318. The van der Waals surface area contributed by atoms with Gasteiger partial charge in [0.15, 0.2) is 0 Å². The van der Waals surface area contributed by atoms with E-state index in [9.17, 15) is 24.6 Å². The van der Waals surface area contributed by atoms with Crippen molar-refractivity contribution in [1.29, 1.82) is 0 Å². The molecule has 0 unspecified atom stereocenters. The number of aliphatic carboxylic acids is 1. The Kier molecular flexibility index (Phi) is 8.22. The molecule has 0 aromatic heterocycles. The number of carboxylic acid groups (broad SMARTS) is 1. The summed E-state index contributed by atoms with van der Waals surface area (Å²) >= 11 is 0. The molecule has 0 saturated heterocycles. The molecule has 0 radical (unpaired) electrons. The average Bonchev–Trinajstić information content (AvgIpc) is 2.71. The Morgan fingerprint density at radius 2 is 1.57 bits per heavy atom. The minimum Gasteiger partial charge on any atom is -0.508 e. The second kappa shape index (κ2) is 10.8. The molecule has 2 amide bonds. The molecule has 0 spiro atoms. The van der Waals surface area contributed by atoms with Crippen molar-refractivity contribution in [3.63, 3.8) is 0 Å². The lowest BCUT2D eigenvalue weighted by atomic mass is 10.0. The number of carboxylic acids is 1. The number of aromatic hydroxyl groups is 1. The predicted molar refractivity (Wildman–Crippen MR) is 110 cm³/mol. The summed E-state index contributed by atoms with van der Waals surface area (Å²) in [5, 5.41) is 23.7. The molecule has 8 nitrogen and oxygen atoms in total. The minimum absolute atomic E-state index is 0.0317. The van der Waals surface area contributed by atoms with E-state index in [4.69, 9.17) is 4.74 Å². The summed E-state index contributed by atoms with van der Waals surface area (Å²) in [6.07, 6.45) is -0.703. The molecular formula is C22H26N2O6. The summed E-state index contributed by atoms with van der Waals surface area (Å²) in [6.45, 7) is 3.38. The smallest absolute Gasteiger partial charge is 0.408 e. The highest BCUT2D eigenvalue weighted by Gasteiger charge is 2.29. The lowest BCUT2D eigenvalue weighted by Gasteiger charge is -2.23. The number of rotatable bonds is 9. The summed E-state index contributed by atoms with van der Waals surface area (Å²) in [4.78, 5) is 36.4. The van der Waals surface area contributed by atoms with E-state index in [1.807, 2.05) is 18.2 Å². The van der Waals surface area contributed by atoms with Gasteiger partial charge >= 0.3 is 12.1 Å². The first-order chi connectivity index (χ1) is 14.3. The largest absolute Gasteiger partial charge is 0.508 e. The number of phenols is 1. The summed E-state index contributed by atoms with van der Waals surface area (Å²) < 4.78 is 5.18. The molecule has 0 aliphatic rings. The van der Waals surface area contributed by atoms with E-state index in [2.05, 4.69) is 10.6 Å². The van der Waals surface area contributed by atoms with Gasteiger partial charge in [0.25, 0.3) is 0 Å². The Labute approximate surface area is 174 Å². The zero-order valence-corrected chi connectivity index (χ0v) is 16.9. The molecule has 2 rings (SSSR count). The van der Waals surface area contributed by atoms with Crippen molar-refractivity contribution < 1.29 is 29.3 Å². The van der Waals surface area contributed by atoms with Gasteiger partial charge < -0.3 is 25.6 Å². The molecule has 0 bridgehead atoms. The molecule has 4 N–H and O–H groups in total. The van der Waals surface area contributed by atoms with Crippen LogP contribution in [0.1, 0.15) is 25.0 Å². The monoisotopic (exact) mass is 414 g/mol. The van der Waals surface area contributed by atoms with Crippen LogP contribution in [0, 0.1) is 5.92 Å². The van der Waals surface area contributed by atoms with Crippen molar-refractivity contribution in [2.75, 3.05) is 0 Å². The fourth-order valence-corrected chi connectivity index (χ4v) is 2.75. The van der Waals surface area contributed by atoms with Crippen molar-refractivity contribution in [1.82, 2.24) is 10.6 Å². The van der Waals surface area contributed by atoms with Crippen LogP contribution in [-0.4, -0.2) is 40.3 Å². The van der Waals surface area contributed by atoms with Crippen LogP contribution >= 0.6 is 0 Å². The summed E-state index contributed by atoms with van der Waals surface area (Å²) in [6, 6.07) is 13.1. The third kappa shape index (κ3) is 7.12. The molecular weight excluding hydrogens is 388 g/mol. The number of alkyl carbamates (subject to hydrolysis) is 1. The maximum Gasteiger partial charge on any atom is 0.408 e. The van der Waals surface area contributed by atoms with Crippen molar-refractivity contribution >= 4 is 18.0 Å². The van der Waals surface area contributed by atoms with Crippen LogP contribution in [0.15, 0.2) is 54.6 Å². The van der Waals surface area contributed by atoms with Gasteiger partial charge in [-0.3, -0.25) is 4.79 Å². The molecule has 0 aliphatic carbocycles. The molecule has 0 aliphatic heterocycles. The molecule has 2 aromatic rings. The summed E-state index contributed by atoms with van der Waals surface area (Å²) in [7, 11) is 0. The van der Waals surface area contributed by atoms with Crippen molar-refractivity contribution in [2.24, 2.45) is 5.92 Å². The predicted octanol–water partition coefficient (Wildman–Crippen LogP) is 2.46. The highest BCUT2D eigenvalue weighted by atomic mass is 16.5. The molecule has 0 saturated carbocycles. The van der Waals surface area contributed by atoms with Gasteiger partial charge in [0, 0.05) is 6.42 Å². The van der Waals surface area contributed by atoms with Gasteiger partial charge in [-0.1, -0.05) is 56.3 Å².